The Morgan fingerprint density at radius 1 is 0.471 bits per heavy atom. The fourth-order valence-corrected chi connectivity index (χ4v) is 3.77. The van der Waals surface area contributed by atoms with Crippen LogP contribution >= 0.6 is 0 Å². The predicted octanol–water partition coefficient (Wildman–Crippen LogP) is 8.61. The molecule has 0 bridgehead atoms. The van der Waals surface area contributed by atoms with Crippen LogP contribution in [0.3, 0.4) is 0 Å². The van der Waals surface area contributed by atoms with E-state index in [9.17, 15) is 0 Å². The molecule has 2 aliphatic carbocycles. The van der Waals surface area contributed by atoms with Gasteiger partial charge in [0, 0.05) is 196 Å². The second-order valence-corrected chi connectivity index (χ2v) is 6.54. The maximum Gasteiger partial charge on any atom is 0 e. The number of rotatable bonds is 0. The first-order valence-electron chi connectivity index (χ1n) is 9.64. The van der Waals surface area contributed by atoms with Gasteiger partial charge in [0.15, 0.2) is 0 Å². The quantitative estimate of drug-likeness (QED) is 0.137. The van der Waals surface area contributed by atoms with Gasteiger partial charge in [0.1, 0.15) is 0 Å². The summed E-state index contributed by atoms with van der Waals surface area (Å²) < 4.78 is 0. The number of hydrogen-bond acceptors (Lipinski definition) is 0. The fourth-order valence-electron chi connectivity index (χ4n) is 3.77. The Balaban J connectivity index is -0.0000000977. The molecule has 0 amide bonds. The molecule has 170 valence electrons. The molecule has 0 saturated heterocycles. The van der Waals surface area contributed by atoms with Crippen molar-refractivity contribution in [1.82, 2.24) is 0 Å². The van der Waals surface area contributed by atoms with Crippen molar-refractivity contribution in [2.24, 2.45) is 0 Å². The molecule has 0 unspecified atom stereocenters. The Kier molecular flexibility index (Phi) is 46.1. The molecule has 6 heteroatoms. The van der Waals surface area contributed by atoms with Gasteiger partial charge in [-0.25, -0.2) is 0 Å². The molecule has 0 atom stereocenters. The van der Waals surface area contributed by atoms with E-state index >= 15 is 0 Å². The molecule has 2 aliphatic rings. The van der Waals surface area contributed by atoms with E-state index in [2.05, 4.69) is 74.5 Å². The van der Waals surface area contributed by atoms with Crippen LogP contribution in [-0.2, 0) is 209 Å². The third kappa shape index (κ3) is 13.3. The summed E-state index contributed by atoms with van der Waals surface area (Å²) in [5.74, 6) is 0. The zero-order chi connectivity index (χ0) is 17.8. The Labute approximate surface area is 363 Å². The van der Waals surface area contributed by atoms with Crippen LogP contribution in [0.2, 0.25) is 0 Å². The standard InChI is InChI=1S/C20H14.C3H8.C2H6.3CH3.6Y/c1-3-7-17-13(5-1)9-15-11-20-16(12-19(15)17)10-14-6-2-4-8-18(14)20;1-3-2;1-2;;;;;;;;;/h1-8,11-12H,9-10H2;3H2,1-2H3;1-2H3;3*1H3;;;;;;/q;;;3*-1;;;;;;. The number of fused-ring (bicyclic) bond motifs is 6. The van der Waals surface area contributed by atoms with E-state index < -0.39 is 0 Å². The van der Waals surface area contributed by atoms with Gasteiger partial charge in [0.2, 0.25) is 0 Å². The van der Waals surface area contributed by atoms with Gasteiger partial charge in [-0.2, -0.15) is 0 Å². The maximum absolute atomic E-state index is 2.43. The Hall–Kier alpha value is 4.28. The molecule has 0 aliphatic heterocycles. The third-order valence-corrected chi connectivity index (χ3v) is 4.71. The second kappa shape index (κ2) is 28.8. The molecule has 0 fully saturated rings. The summed E-state index contributed by atoms with van der Waals surface area (Å²) in [6.07, 6.45) is 3.42. The van der Waals surface area contributed by atoms with Gasteiger partial charge in [-0.3, -0.25) is 0 Å². The van der Waals surface area contributed by atoms with Crippen molar-refractivity contribution in [3.63, 3.8) is 0 Å². The molecule has 0 spiro atoms. The molecule has 3 aromatic carbocycles. The zero-order valence-electron chi connectivity index (χ0n) is 22.4. The van der Waals surface area contributed by atoms with Crippen molar-refractivity contribution in [3.8, 4) is 22.3 Å². The monoisotopic (exact) mass is 907 g/mol. The van der Waals surface area contributed by atoms with Crippen LogP contribution in [-0.4, -0.2) is 0 Å². The van der Waals surface area contributed by atoms with E-state index in [1.54, 1.807) is 0 Å². The topological polar surface area (TPSA) is 0 Å². The van der Waals surface area contributed by atoms with E-state index in [1.165, 1.54) is 50.9 Å². The van der Waals surface area contributed by atoms with Gasteiger partial charge in [-0.05, 0) is 69.5 Å². The molecule has 0 nitrogen and oxygen atoms in total. The Morgan fingerprint density at radius 2 is 0.735 bits per heavy atom. The molecule has 5 rings (SSSR count). The molecule has 0 saturated carbocycles. The van der Waals surface area contributed by atoms with Gasteiger partial charge in [0.25, 0.3) is 0 Å². The third-order valence-electron chi connectivity index (χ3n) is 4.71. The number of benzene rings is 3. The largest absolute Gasteiger partial charge is 0.358 e. The summed E-state index contributed by atoms with van der Waals surface area (Å²) in [5, 5.41) is 0. The van der Waals surface area contributed by atoms with E-state index in [0.717, 1.165) is 12.8 Å². The van der Waals surface area contributed by atoms with Crippen molar-refractivity contribution in [1.29, 1.82) is 0 Å². The van der Waals surface area contributed by atoms with Gasteiger partial charge in [-0.1, -0.05) is 82.6 Å². The van der Waals surface area contributed by atoms with E-state index in [4.69, 9.17) is 0 Å². The average molecular weight is 907 g/mol. The van der Waals surface area contributed by atoms with Crippen LogP contribution in [0.5, 0.6) is 0 Å². The Morgan fingerprint density at radius 3 is 1.03 bits per heavy atom. The summed E-state index contributed by atoms with van der Waals surface area (Å²) >= 11 is 0. The molecular weight excluding hydrogens is 870 g/mol. The fraction of sp³-hybridized carbons (Fsp3) is 0.250. The summed E-state index contributed by atoms with van der Waals surface area (Å²) in [6, 6.07) is 22.5. The molecule has 6 radical (unpaired) electrons. The van der Waals surface area contributed by atoms with Gasteiger partial charge in [-0.15, -0.1) is 0 Å². The van der Waals surface area contributed by atoms with Crippen molar-refractivity contribution in [2.75, 3.05) is 0 Å². The van der Waals surface area contributed by atoms with Crippen LogP contribution in [0.1, 0.15) is 56.4 Å². The van der Waals surface area contributed by atoms with Crippen LogP contribution in [0.4, 0.5) is 0 Å². The van der Waals surface area contributed by atoms with E-state index in [-0.39, 0.29) is 219 Å². The average Bonchev–Trinajstić information content (AvgIpc) is 3.19. The first-order chi connectivity index (χ1) is 12.3. The minimum absolute atomic E-state index is 0. The first-order valence-corrected chi connectivity index (χ1v) is 9.64. The smallest absolute Gasteiger partial charge is 0 e. The number of hydrogen-bond donors (Lipinski definition) is 0. The van der Waals surface area contributed by atoms with Crippen LogP contribution < -0.4 is 0 Å². The second-order valence-electron chi connectivity index (χ2n) is 6.54. The van der Waals surface area contributed by atoms with Crippen LogP contribution in [0, 0.1) is 22.3 Å². The predicted molar refractivity (Wildman–Crippen MR) is 129 cm³/mol. The summed E-state index contributed by atoms with van der Waals surface area (Å²) in [6.45, 7) is 8.25. The summed E-state index contributed by atoms with van der Waals surface area (Å²) in [4.78, 5) is 0. The summed E-state index contributed by atoms with van der Waals surface area (Å²) in [5.41, 5.74) is 11.7. The minimum Gasteiger partial charge on any atom is -0.358 e. The van der Waals surface area contributed by atoms with E-state index in [0.29, 0.717) is 0 Å². The molecular formula is C28H37Y6-3. The van der Waals surface area contributed by atoms with Gasteiger partial charge in [0.05, 0.1) is 0 Å². The summed E-state index contributed by atoms with van der Waals surface area (Å²) in [7, 11) is 0. The minimum atomic E-state index is 0. The molecule has 34 heavy (non-hydrogen) atoms. The first kappa shape index (κ1) is 54.4. The normalized spacial score (nSPS) is 8.71. The van der Waals surface area contributed by atoms with Crippen molar-refractivity contribution in [2.45, 2.75) is 47.0 Å². The molecule has 0 N–H and O–H groups in total. The van der Waals surface area contributed by atoms with Gasteiger partial charge >= 0.3 is 0 Å². The van der Waals surface area contributed by atoms with Crippen molar-refractivity contribution >= 4 is 0 Å². The van der Waals surface area contributed by atoms with Crippen LogP contribution in [0.15, 0.2) is 60.7 Å². The Bertz CT molecular complexity index is 821. The SMILES string of the molecule is CC.CCC.[CH3-].[CH3-].[CH3-].[Y].[Y].[Y].[Y].[Y].[Y].c1ccc2c(c1)Cc1cc3c(cc1-2)Cc1ccccc1-3. The molecule has 3 aromatic rings. The van der Waals surface area contributed by atoms with E-state index in [1.807, 2.05) is 13.8 Å². The molecule has 0 heterocycles. The van der Waals surface area contributed by atoms with Crippen molar-refractivity contribution < 1.29 is 196 Å². The van der Waals surface area contributed by atoms with Crippen LogP contribution in [0.25, 0.3) is 22.3 Å². The van der Waals surface area contributed by atoms with Crippen molar-refractivity contribution in [3.05, 3.63) is 105 Å². The zero-order valence-corrected chi connectivity index (χ0v) is 39.4. The van der Waals surface area contributed by atoms with Gasteiger partial charge < -0.3 is 22.3 Å². The maximum atomic E-state index is 2.43. The molecule has 0 aromatic heterocycles.